The lowest BCUT2D eigenvalue weighted by molar-refractivity contribution is -0.101. The van der Waals surface area contributed by atoms with E-state index in [0.29, 0.717) is 30.5 Å². The second-order valence-corrected chi connectivity index (χ2v) is 6.02. The van der Waals surface area contributed by atoms with Crippen LogP contribution >= 0.6 is 0 Å². The lowest BCUT2D eigenvalue weighted by Crippen LogP contribution is -2.40. The van der Waals surface area contributed by atoms with E-state index in [-0.39, 0.29) is 0 Å². The molecule has 0 radical (unpaired) electrons. The summed E-state index contributed by atoms with van der Waals surface area (Å²) in [4.78, 5) is 0. The summed E-state index contributed by atoms with van der Waals surface area (Å²) < 4.78 is 17.3. The molecular formula is C15H29NO3. The first-order valence-corrected chi connectivity index (χ1v) is 7.77. The van der Waals surface area contributed by atoms with Crippen molar-refractivity contribution in [2.75, 3.05) is 19.8 Å². The smallest absolute Gasteiger partial charge is 0.0726 e. The molecule has 0 aliphatic carbocycles. The molecular weight excluding hydrogens is 242 g/mol. The third-order valence-corrected chi connectivity index (χ3v) is 4.10. The normalized spacial score (nSPS) is 37.4. The molecule has 2 fully saturated rings. The summed E-state index contributed by atoms with van der Waals surface area (Å²) in [6, 6.07) is 0.429. The van der Waals surface area contributed by atoms with Crippen LogP contribution in [0, 0.1) is 0 Å². The first-order chi connectivity index (χ1) is 9.15. The number of hydrogen-bond acceptors (Lipinski definition) is 4. The van der Waals surface area contributed by atoms with E-state index >= 15 is 0 Å². The maximum atomic E-state index is 5.95. The van der Waals surface area contributed by atoms with Crippen LogP contribution in [-0.4, -0.2) is 50.2 Å². The minimum atomic E-state index is 0.326. The van der Waals surface area contributed by atoms with E-state index in [2.05, 4.69) is 26.1 Å². The summed E-state index contributed by atoms with van der Waals surface area (Å²) in [6.07, 6.45) is 5.83. The van der Waals surface area contributed by atoms with Crippen LogP contribution in [0.1, 0.15) is 46.5 Å². The number of nitrogens with one attached hydrogen (secondary N) is 1. The van der Waals surface area contributed by atoms with Crippen molar-refractivity contribution in [1.82, 2.24) is 5.32 Å². The van der Waals surface area contributed by atoms with Gasteiger partial charge in [0, 0.05) is 19.2 Å². The van der Waals surface area contributed by atoms with Gasteiger partial charge in [-0.05, 0) is 46.5 Å². The second kappa shape index (κ2) is 7.58. The molecule has 2 aliphatic rings. The van der Waals surface area contributed by atoms with E-state index in [9.17, 15) is 0 Å². The molecule has 2 saturated heterocycles. The highest BCUT2D eigenvalue weighted by atomic mass is 16.5. The van der Waals surface area contributed by atoms with Crippen molar-refractivity contribution < 1.29 is 14.2 Å². The van der Waals surface area contributed by atoms with Gasteiger partial charge in [0.1, 0.15) is 0 Å². The lowest BCUT2D eigenvalue weighted by Gasteiger charge is -2.32. The van der Waals surface area contributed by atoms with Gasteiger partial charge < -0.3 is 19.5 Å². The van der Waals surface area contributed by atoms with Gasteiger partial charge >= 0.3 is 0 Å². The monoisotopic (exact) mass is 271 g/mol. The maximum absolute atomic E-state index is 5.95. The fourth-order valence-electron chi connectivity index (χ4n) is 3.12. The lowest BCUT2D eigenvalue weighted by atomic mass is 10.0. The summed E-state index contributed by atoms with van der Waals surface area (Å²) in [7, 11) is 0. The number of rotatable bonds is 6. The summed E-state index contributed by atoms with van der Waals surface area (Å²) in [6.45, 7) is 9.06. The first-order valence-electron chi connectivity index (χ1n) is 7.77. The highest BCUT2D eigenvalue weighted by Gasteiger charge is 2.25. The molecule has 1 N–H and O–H groups in total. The molecule has 0 spiro atoms. The van der Waals surface area contributed by atoms with E-state index in [1.54, 1.807) is 0 Å². The van der Waals surface area contributed by atoms with Crippen molar-refractivity contribution in [1.29, 1.82) is 0 Å². The Balaban J connectivity index is 1.56. The van der Waals surface area contributed by atoms with Crippen molar-refractivity contribution in [3.05, 3.63) is 0 Å². The zero-order chi connectivity index (χ0) is 13.7. The van der Waals surface area contributed by atoms with Crippen LogP contribution in [0.5, 0.6) is 0 Å². The summed E-state index contributed by atoms with van der Waals surface area (Å²) in [5, 5.41) is 3.51. The van der Waals surface area contributed by atoms with Crippen molar-refractivity contribution in [2.45, 2.75) is 76.9 Å². The Morgan fingerprint density at radius 3 is 2.63 bits per heavy atom. The van der Waals surface area contributed by atoms with E-state index < -0.39 is 0 Å². The average Bonchev–Trinajstić information content (AvgIpc) is 2.87. The molecule has 2 rings (SSSR count). The van der Waals surface area contributed by atoms with Crippen molar-refractivity contribution in [3.8, 4) is 0 Å². The van der Waals surface area contributed by atoms with E-state index in [0.717, 1.165) is 32.6 Å². The van der Waals surface area contributed by atoms with Crippen LogP contribution in [0.3, 0.4) is 0 Å². The summed E-state index contributed by atoms with van der Waals surface area (Å²) in [5.74, 6) is 0. The van der Waals surface area contributed by atoms with Gasteiger partial charge in [-0.25, -0.2) is 0 Å². The molecule has 4 unspecified atom stereocenters. The average molecular weight is 271 g/mol. The molecule has 2 aliphatic heterocycles. The molecule has 0 aromatic carbocycles. The van der Waals surface area contributed by atoms with Crippen LogP contribution in [0.25, 0.3) is 0 Å². The van der Waals surface area contributed by atoms with Crippen molar-refractivity contribution >= 4 is 0 Å². The zero-order valence-corrected chi connectivity index (χ0v) is 12.6. The Bertz CT molecular complexity index is 246. The van der Waals surface area contributed by atoms with Crippen LogP contribution in [0.4, 0.5) is 0 Å². The van der Waals surface area contributed by atoms with Gasteiger partial charge in [-0.3, -0.25) is 0 Å². The molecule has 4 atom stereocenters. The van der Waals surface area contributed by atoms with Gasteiger partial charge in [-0.15, -0.1) is 0 Å². The number of ether oxygens (including phenoxy) is 3. The topological polar surface area (TPSA) is 39.7 Å². The SMILES string of the molecule is CC1CC(OCCNC(C)C2CCCO2)CC(C)O1. The Morgan fingerprint density at radius 1 is 1.26 bits per heavy atom. The molecule has 0 bridgehead atoms. The van der Waals surface area contributed by atoms with E-state index in [1.807, 2.05) is 0 Å². The summed E-state index contributed by atoms with van der Waals surface area (Å²) in [5.41, 5.74) is 0. The Kier molecular flexibility index (Phi) is 6.07. The van der Waals surface area contributed by atoms with E-state index in [4.69, 9.17) is 14.2 Å². The molecule has 2 heterocycles. The fourth-order valence-corrected chi connectivity index (χ4v) is 3.12. The fraction of sp³-hybridized carbons (Fsp3) is 1.00. The molecule has 0 aromatic heterocycles. The minimum Gasteiger partial charge on any atom is -0.377 e. The van der Waals surface area contributed by atoms with Gasteiger partial charge in [-0.1, -0.05) is 0 Å². The molecule has 0 aromatic rings. The maximum Gasteiger partial charge on any atom is 0.0726 e. The minimum absolute atomic E-state index is 0.326. The molecule has 4 heteroatoms. The number of hydrogen-bond donors (Lipinski definition) is 1. The predicted molar refractivity (Wildman–Crippen MR) is 75.4 cm³/mol. The van der Waals surface area contributed by atoms with Crippen LogP contribution in [0.15, 0.2) is 0 Å². The van der Waals surface area contributed by atoms with Gasteiger partial charge in [0.25, 0.3) is 0 Å². The van der Waals surface area contributed by atoms with Gasteiger partial charge in [0.2, 0.25) is 0 Å². The second-order valence-electron chi connectivity index (χ2n) is 6.02. The Hall–Kier alpha value is -0.160. The predicted octanol–water partition coefficient (Wildman–Crippen LogP) is 2.12. The zero-order valence-electron chi connectivity index (χ0n) is 12.6. The third-order valence-electron chi connectivity index (χ3n) is 4.10. The molecule has 4 nitrogen and oxygen atoms in total. The highest BCUT2D eigenvalue weighted by molar-refractivity contribution is 4.77. The van der Waals surface area contributed by atoms with Crippen molar-refractivity contribution in [3.63, 3.8) is 0 Å². The first kappa shape index (κ1) is 15.2. The third kappa shape index (κ3) is 5.03. The van der Waals surface area contributed by atoms with Gasteiger partial charge in [0.15, 0.2) is 0 Å². The Labute approximate surface area is 117 Å². The van der Waals surface area contributed by atoms with Crippen molar-refractivity contribution in [2.24, 2.45) is 0 Å². The quantitative estimate of drug-likeness (QED) is 0.751. The van der Waals surface area contributed by atoms with Gasteiger partial charge in [-0.2, -0.15) is 0 Å². The largest absolute Gasteiger partial charge is 0.377 e. The molecule has 112 valence electrons. The Morgan fingerprint density at radius 2 is 2.00 bits per heavy atom. The molecule has 19 heavy (non-hydrogen) atoms. The standard InChI is InChI=1S/C15H29NO3/c1-11-9-14(10-12(2)19-11)17-8-6-16-13(3)15-5-4-7-18-15/h11-16H,4-10H2,1-3H3. The molecule has 0 amide bonds. The van der Waals surface area contributed by atoms with Crippen LogP contribution in [0.2, 0.25) is 0 Å². The van der Waals surface area contributed by atoms with Crippen LogP contribution in [-0.2, 0) is 14.2 Å². The molecule has 0 saturated carbocycles. The summed E-state index contributed by atoms with van der Waals surface area (Å²) >= 11 is 0. The van der Waals surface area contributed by atoms with E-state index in [1.165, 1.54) is 12.8 Å². The van der Waals surface area contributed by atoms with Gasteiger partial charge in [0.05, 0.1) is 31.0 Å². The highest BCUT2D eigenvalue weighted by Crippen LogP contribution is 2.21. The van der Waals surface area contributed by atoms with Crippen LogP contribution < -0.4 is 5.32 Å².